The van der Waals surface area contributed by atoms with Crippen molar-refractivity contribution in [2.75, 3.05) is 18.5 Å². The molecule has 0 N–H and O–H groups in total. The van der Waals surface area contributed by atoms with Crippen molar-refractivity contribution in [3.05, 3.63) is 42.0 Å². The molecule has 2 aliphatic rings. The van der Waals surface area contributed by atoms with E-state index in [4.69, 9.17) is 0 Å². The summed E-state index contributed by atoms with van der Waals surface area (Å²) in [5.41, 5.74) is 2.62. The molecule has 4 heteroatoms. The Morgan fingerprint density at radius 2 is 2.08 bits per heavy atom. The maximum Gasteiger partial charge on any atom is 0.254 e. The van der Waals surface area contributed by atoms with Crippen molar-refractivity contribution in [2.45, 2.75) is 51.5 Å². The zero-order valence-electron chi connectivity index (χ0n) is 15.3. The van der Waals surface area contributed by atoms with E-state index in [1.807, 2.05) is 30.1 Å². The van der Waals surface area contributed by atoms with Crippen LogP contribution >= 0.6 is 0 Å². The molecule has 1 aliphatic carbocycles. The summed E-state index contributed by atoms with van der Waals surface area (Å²) in [5, 5.41) is 0. The van der Waals surface area contributed by atoms with E-state index >= 15 is 0 Å². The number of anilines is 1. The van der Waals surface area contributed by atoms with Crippen LogP contribution in [-0.4, -0.2) is 36.3 Å². The third-order valence-corrected chi connectivity index (χ3v) is 5.70. The zero-order chi connectivity index (χ0) is 18.0. The first-order chi connectivity index (χ1) is 12.0. The highest BCUT2D eigenvalue weighted by Crippen LogP contribution is 2.32. The molecule has 134 valence electrons. The minimum Gasteiger partial charge on any atom is -0.339 e. The van der Waals surface area contributed by atoms with E-state index in [0.717, 1.165) is 42.5 Å². The van der Waals surface area contributed by atoms with Crippen LogP contribution in [0.1, 0.15) is 54.9 Å². The summed E-state index contributed by atoms with van der Waals surface area (Å²) in [5.74, 6) is 0.670. The van der Waals surface area contributed by atoms with Gasteiger partial charge in [-0.2, -0.15) is 0 Å². The molecule has 2 atom stereocenters. The lowest BCUT2D eigenvalue weighted by Gasteiger charge is -2.35. The van der Waals surface area contributed by atoms with Gasteiger partial charge in [0.05, 0.1) is 0 Å². The molecular formula is C21H28N2O2. The fourth-order valence-electron chi connectivity index (χ4n) is 4.27. The Morgan fingerprint density at radius 1 is 1.28 bits per heavy atom. The van der Waals surface area contributed by atoms with Crippen LogP contribution in [0.2, 0.25) is 0 Å². The van der Waals surface area contributed by atoms with Gasteiger partial charge in [-0.15, -0.1) is 0 Å². The number of carbonyl (C=O) groups excluding carboxylic acids is 2. The highest BCUT2D eigenvalue weighted by atomic mass is 16.2. The van der Waals surface area contributed by atoms with Crippen LogP contribution in [0.25, 0.3) is 0 Å². The van der Waals surface area contributed by atoms with Crippen molar-refractivity contribution in [3.63, 3.8) is 0 Å². The lowest BCUT2D eigenvalue weighted by Crippen LogP contribution is -2.41. The SMILES string of the molecule is C=CC(=O)N1CCCc2c(C(=O)N(C)C3CCCC(C)C3)cccc21. The van der Waals surface area contributed by atoms with E-state index in [2.05, 4.69) is 13.5 Å². The van der Waals surface area contributed by atoms with Gasteiger partial charge >= 0.3 is 0 Å². The Balaban J connectivity index is 1.88. The summed E-state index contributed by atoms with van der Waals surface area (Å²) in [6.45, 7) is 6.55. The van der Waals surface area contributed by atoms with Crippen LogP contribution in [0.4, 0.5) is 5.69 Å². The fourth-order valence-corrected chi connectivity index (χ4v) is 4.27. The van der Waals surface area contributed by atoms with Gasteiger partial charge in [0, 0.05) is 30.9 Å². The van der Waals surface area contributed by atoms with Crippen molar-refractivity contribution < 1.29 is 9.59 Å². The van der Waals surface area contributed by atoms with Gasteiger partial charge in [0.2, 0.25) is 5.91 Å². The Morgan fingerprint density at radius 3 is 2.80 bits per heavy atom. The van der Waals surface area contributed by atoms with Crippen LogP contribution in [-0.2, 0) is 11.2 Å². The average molecular weight is 340 g/mol. The van der Waals surface area contributed by atoms with Crippen LogP contribution in [0.3, 0.4) is 0 Å². The molecule has 0 radical (unpaired) electrons. The number of hydrogen-bond donors (Lipinski definition) is 0. The quantitative estimate of drug-likeness (QED) is 0.785. The highest BCUT2D eigenvalue weighted by molar-refractivity contribution is 6.04. The predicted octanol–water partition coefficient (Wildman–Crippen LogP) is 3.80. The van der Waals surface area contributed by atoms with E-state index in [0.29, 0.717) is 18.5 Å². The maximum absolute atomic E-state index is 13.2. The number of fused-ring (bicyclic) bond motifs is 1. The van der Waals surface area contributed by atoms with Crippen molar-refractivity contribution in [1.29, 1.82) is 0 Å². The topological polar surface area (TPSA) is 40.6 Å². The molecular weight excluding hydrogens is 312 g/mol. The van der Waals surface area contributed by atoms with E-state index in [-0.39, 0.29) is 11.8 Å². The fraction of sp³-hybridized carbons (Fsp3) is 0.524. The second-order valence-corrected chi connectivity index (χ2v) is 7.44. The van der Waals surface area contributed by atoms with Gasteiger partial charge in [-0.05, 0) is 55.4 Å². The molecule has 4 nitrogen and oxygen atoms in total. The standard InChI is InChI=1S/C21H28N2O2/c1-4-20(24)23-13-7-11-17-18(10-6-12-19(17)23)21(25)22(3)16-9-5-8-15(2)14-16/h4,6,10,12,15-16H,1,5,7-9,11,13-14H2,2-3H3. The lowest BCUT2D eigenvalue weighted by molar-refractivity contribution is -0.114. The number of rotatable bonds is 3. The summed E-state index contributed by atoms with van der Waals surface area (Å²) in [6.07, 6.45) is 7.68. The molecule has 1 aliphatic heterocycles. The molecule has 25 heavy (non-hydrogen) atoms. The third kappa shape index (κ3) is 3.48. The number of benzene rings is 1. The Kier molecular flexibility index (Phi) is 5.26. The second kappa shape index (κ2) is 7.42. The average Bonchev–Trinajstić information content (AvgIpc) is 2.65. The highest BCUT2D eigenvalue weighted by Gasteiger charge is 2.30. The smallest absolute Gasteiger partial charge is 0.254 e. The summed E-state index contributed by atoms with van der Waals surface area (Å²) in [7, 11) is 1.93. The van der Waals surface area contributed by atoms with Gasteiger partial charge in [0.15, 0.2) is 0 Å². The first-order valence-corrected chi connectivity index (χ1v) is 9.36. The van der Waals surface area contributed by atoms with Gasteiger partial charge in [-0.3, -0.25) is 9.59 Å². The van der Waals surface area contributed by atoms with Crippen LogP contribution in [0.15, 0.2) is 30.9 Å². The van der Waals surface area contributed by atoms with E-state index in [1.54, 1.807) is 4.90 Å². The van der Waals surface area contributed by atoms with Crippen LogP contribution in [0.5, 0.6) is 0 Å². The van der Waals surface area contributed by atoms with E-state index in [1.165, 1.54) is 18.9 Å². The summed E-state index contributed by atoms with van der Waals surface area (Å²) in [4.78, 5) is 29.0. The molecule has 0 bridgehead atoms. The van der Waals surface area contributed by atoms with Gasteiger partial charge in [-0.1, -0.05) is 32.4 Å². The molecule has 2 amide bonds. The predicted molar refractivity (Wildman–Crippen MR) is 101 cm³/mol. The van der Waals surface area contributed by atoms with Crippen molar-refractivity contribution >= 4 is 17.5 Å². The van der Waals surface area contributed by atoms with Crippen LogP contribution in [0, 0.1) is 5.92 Å². The normalized spacial score (nSPS) is 22.9. The first kappa shape index (κ1) is 17.7. The molecule has 0 aromatic heterocycles. The van der Waals surface area contributed by atoms with E-state index < -0.39 is 0 Å². The third-order valence-electron chi connectivity index (χ3n) is 5.70. The molecule has 3 rings (SSSR count). The Bertz CT molecular complexity index is 682. The zero-order valence-corrected chi connectivity index (χ0v) is 15.3. The number of hydrogen-bond acceptors (Lipinski definition) is 2. The van der Waals surface area contributed by atoms with Crippen molar-refractivity contribution in [1.82, 2.24) is 4.90 Å². The number of nitrogens with zero attached hydrogens (tertiary/aromatic N) is 2. The van der Waals surface area contributed by atoms with Gasteiger partial charge < -0.3 is 9.80 Å². The monoisotopic (exact) mass is 340 g/mol. The largest absolute Gasteiger partial charge is 0.339 e. The number of amides is 2. The summed E-state index contributed by atoms with van der Waals surface area (Å²) >= 11 is 0. The summed E-state index contributed by atoms with van der Waals surface area (Å²) in [6, 6.07) is 6.06. The number of carbonyl (C=O) groups is 2. The minimum atomic E-state index is -0.0972. The molecule has 0 spiro atoms. The second-order valence-electron chi connectivity index (χ2n) is 7.44. The first-order valence-electron chi connectivity index (χ1n) is 9.36. The van der Waals surface area contributed by atoms with Gasteiger partial charge in [-0.25, -0.2) is 0 Å². The molecule has 0 saturated heterocycles. The van der Waals surface area contributed by atoms with Gasteiger partial charge in [0.25, 0.3) is 5.91 Å². The van der Waals surface area contributed by atoms with Crippen LogP contribution < -0.4 is 4.90 Å². The minimum absolute atomic E-state index is 0.0869. The molecule has 1 saturated carbocycles. The molecule has 1 heterocycles. The van der Waals surface area contributed by atoms with Gasteiger partial charge in [0.1, 0.15) is 0 Å². The molecule has 1 aromatic carbocycles. The van der Waals surface area contributed by atoms with E-state index in [9.17, 15) is 9.59 Å². The Hall–Kier alpha value is -2.10. The van der Waals surface area contributed by atoms with Crippen molar-refractivity contribution in [2.24, 2.45) is 5.92 Å². The molecule has 2 unspecified atom stereocenters. The van der Waals surface area contributed by atoms with Crippen molar-refractivity contribution in [3.8, 4) is 0 Å². The summed E-state index contributed by atoms with van der Waals surface area (Å²) < 4.78 is 0. The molecule has 1 fully saturated rings. The lowest BCUT2D eigenvalue weighted by atomic mass is 9.86. The molecule has 1 aromatic rings. The maximum atomic E-state index is 13.2. The Labute approximate surface area is 150 Å².